The second-order valence-electron chi connectivity index (χ2n) is 5.15. The Morgan fingerprint density at radius 1 is 1.39 bits per heavy atom. The first-order valence-corrected chi connectivity index (χ1v) is 8.44. The predicted molar refractivity (Wildman–Crippen MR) is 105 cm³/mol. The largest absolute Gasteiger partial charge is 0.357 e. The highest BCUT2D eigenvalue weighted by Crippen LogP contribution is 2.10. The third-order valence-corrected chi connectivity index (χ3v) is 3.81. The SMILES string of the molecule is CCNC(=NCc1cccs1)NCCc1nc(C(C)C)no1.I. The average molecular weight is 449 g/mol. The fourth-order valence-corrected chi connectivity index (χ4v) is 2.42. The van der Waals surface area contributed by atoms with Crippen molar-refractivity contribution < 1.29 is 4.52 Å². The van der Waals surface area contributed by atoms with Gasteiger partial charge in [-0.15, -0.1) is 35.3 Å². The molecule has 23 heavy (non-hydrogen) atoms. The molecule has 0 aliphatic rings. The quantitative estimate of drug-likeness (QED) is 0.386. The smallest absolute Gasteiger partial charge is 0.228 e. The predicted octanol–water partition coefficient (Wildman–Crippen LogP) is 3.17. The van der Waals surface area contributed by atoms with Gasteiger partial charge in [0.15, 0.2) is 11.8 Å². The number of halogens is 1. The lowest BCUT2D eigenvalue weighted by Crippen LogP contribution is -2.38. The number of hydrogen-bond acceptors (Lipinski definition) is 5. The molecule has 0 spiro atoms. The van der Waals surface area contributed by atoms with Crippen molar-refractivity contribution >= 4 is 41.3 Å². The molecule has 8 heteroatoms. The molecule has 2 aromatic rings. The molecule has 0 saturated heterocycles. The number of hydrogen-bond donors (Lipinski definition) is 2. The maximum atomic E-state index is 5.23. The summed E-state index contributed by atoms with van der Waals surface area (Å²) in [7, 11) is 0. The Labute approximate surface area is 158 Å². The van der Waals surface area contributed by atoms with Crippen molar-refractivity contribution in [3.63, 3.8) is 0 Å². The molecule has 0 aromatic carbocycles. The van der Waals surface area contributed by atoms with Gasteiger partial charge in [-0.1, -0.05) is 25.1 Å². The van der Waals surface area contributed by atoms with Gasteiger partial charge in [-0.05, 0) is 18.4 Å². The van der Waals surface area contributed by atoms with Crippen LogP contribution < -0.4 is 10.6 Å². The van der Waals surface area contributed by atoms with Crippen molar-refractivity contribution in [2.75, 3.05) is 13.1 Å². The molecule has 0 amide bonds. The van der Waals surface area contributed by atoms with Gasteiger partial charge in [0, 0.05) is 30.3 Å². The molecule has 0 aliphatic carbocycles. The molecule has 6 nitrogen and oxygen atoms in total. The maximum absolute atomic E-state index is 5.23. The van der Waals surface area contributed by atoms with E-state index in [1.54, 1.807) is 11.3 Å². The van der Waals surface area contributed by atoms with Crippen molar-refractivity contribution in [2.24, 2.45) is 4.99 Å². The van der Waals surface area contributed by atoms with E-state index in [9.17, 15) is 0 Å². The van der Waals surface area contributed by atoms with Crippen LogP contribution in [0.15, 0.2) is 27.0 Å². The molecule has 128 valence electrons. The zero-order chi connectivity index (χ0) is 15.8. The Morgan fingerprint density at radius 3 is 2.83 bits per heavy atom. The lowest BCUT2D eigenvalue weighted by molar-refractivity contribution is 0.371. The highest BCUT2D eigenvalue weighted by Gasteiger charge is 2.09. The zero-order valence-electron chi connectivity index (χ0n) is 13.7. The van der Waals surface area contributed by atoms with Crippen LogP contribution in [0.25, 0.3) is 0 Å². The summed E-state index contributed by atoms with van der Waals surface area (Å²) in [6, 6.07) is 4.13. The Kier molecular flexibility index (Phi) is 9.15. The molecule has 2 heterocycles. The van der Waals surface area contributed by atoms with Gasteiger partial charge in [0.2, 0.25) is 5.89 Å². The monoisotopic (exact) mass is 449 g/mol. The van der Waals surface area contributed by atoms with Crippen LogP contribution in [0.3, 0.4) is 0 Å². The summed E-state index contributed by atoms with van der Waals surface area (Å²) in [6.07, 6.45) is 0.684. The number of rotatable bonds is 7. The van der Waals surface area contributed by atoms with E-state index in [2.05, 4.69) is 44.1 Å². The Bertz CT molecular complexity index is 582. The number of nitrogens with zero attached hydrogens (tertiary/aromatic N) is 3. The van der Waals surface area contributed by atoms with Crippen LogP contribution in [0.1, 0.15) is 43.3 Å². The molecule has 0 unspecified atom stereocenters. The van der Waals surface area contributed by atoms with Gasteiger partial charge in [0.05, 0.1) is 6.54 Å². The molecule has 0 saturated carbocycles. The standard InChI is InChI=1S/C15H23N5OS.HI/c1-4-16-15(18-10-12-6-5-9-22-12)17-8-7-13-19-14(11(2)3)20-21-13;/h5-6,9,11H,4,7-8,10H2,1-3H3,(H2,16,17,18);1H. The second-order valence-corrected chi connectivity index (χ2v) is 6.18. The molecule has 0 radical (unpaired) electrons. The summed E-state index contributed by atoms with van der Waals surface area (Å²) >= 11 is 1.71. The van der Waals surface area contributed by atoms with Crippen molar-refractivity contribution in [2.45, 2.75) is 39.7 Å². The minimum Gasteiger partial charge on any atom is -0.357 e. The van der Waals surface area contributed by atoms with E-state index in [-0.39, 0.29) is 29.9 Å². The minimum absolute atomic E-state index is 0. The van der Waals surface area contributed by atoms with Crippen LogP contribution in [0.4, 0.5) is 0 Å². The lowest BCUT2D eigenvalue weighted by Gasteiger charge is -2.09. The minimum atomic E-state index is 0. The van der Waals surface area contributed by atoms with Crippen LogP contribution in [0, 0.1) is 0 Å². The highest BCUT2D eigenvalue weighted by molar-refractivity contribution is 14.0. The van der Waals surface area contributed by atoms with Crippen LogP contribution in [-0.2, 0) is 13.0 Å². The average Bonchev–Trinajstić information content (AvgIpc) is 3.16. The zero-order valence-corrected chi connectivity index (χ0v) is 16.9. The summed E-state index contributed by atoms with van der Waals surface area (Å²) in [6.45, 7) is 8.37. The third kappa shape index (κ3) is 6.86. The van der Waals surface area contributed by atoms with Gasteiger partial charge in [-0.2, -0.15) is 4.98 Å². The van der Waals surface area contributed by atoms with Crippen molar-refractivity contribution in [1.82, 2.24) is 20.8 Å². The van der Waals surface area contributed by atoms with Crippen LogP contribution >= 0.6 is 35.3 Å². The van der Waals surface area contributed by atoms with Crippen molar-refractivity contribution in [3.05, 3.63) is 34.1 Å². The molecule has 0 atom stereocenters. The number of thiophene rings is 1. The first-order chi connectivity index (χ1) is 10.7. The molecule has 2 aromatic heterocycles. The van der Waals surface area contributed by atoms with E-state index < -0.39 is 0 Å². The van der Waals surface area contributed by atoms with Crippen LogP contribution in [0.5, 0.6) is 0 Å². The van der Waals surface area contributed by atoms with Gasteiger partial charge in [0.25, 0.3) is 0 Å². The molecule has 0 bridgehead atoms. The summed E-state index contributed by atoms with van der Waals surface area (Å²) in [5, 5.41) is 12.5. The molecule has 0 aliphatic heterocycles. The molecular formula is C15H24IN5OS. The van der Waals surface area contributed by atoms with E-state index in [1.807, 2.05) is 19.9 Å². The number of guanidine groups is 1. The van der Waals surface area contributed by atoms with E-state index in [0.717, 1.165) is 18.3 Å². The van der Waals surface area contributed by atoms with Crippen molar-refractivity contribution in [3.8, 4) is 0 Å². The van der Waals surface area contributed by atoms with Crippen LogP contribution in [0.2, 0.25) is 0 Å². The summed E-state index contributed by atoms with van der Waals surface area (Å²) in [5.74, 6) is 2.51. The number of aromatic nitrogens is 2. The van der Waals surface area contributed by atoms with Gasteiger partial charge in [-0.3, -0.25) is 0 Å². The van der Waals surface area contributed by atoms with Gasteiger partial charge in [-0.25, -0.2) is 4.99 Å². The third-order valence-electron chi connectivity index (χ3n) is 2.95. The fraction of sp³-hybridized carbons (Fsp3) is 0.533. The molecular weight excluding hydrogens is 425 g/mol. The summed E-state index contributed by atoms with van der Waals surface area (Å²) < 4.78 is 5.23. The summed E-state index contributed by atoms with van der Waals surface area (Å²) in [4.78, 5) is 10.2. The first kappa shape index (κ1) is 19.9. The maximum Gasteiger partial charge on any atom is 0.228 e. The van der Waals surface area contributed by atoms with E-state index in [4.69, 9.17) is 4.52 Å². The molecule has 2 rings (SSSR count). The van der Waals surface area contributed by atoms with Gasteiger partial charge >= 0.3 is 0 Å². The number of aliphatic imine (C=N–C) groups is 1. The van der Waals surface area contributed by atoms with E-state index in [1.165, 1.54) is 4.88 Å². The first-order valence-electron chi connectivity index (χ1n) is 7.56. The molecule has 2 N–H and O–H groups in total. The topological polar surface area (TPSA) is 75.3 Å². The fourth-order valence-electron chi connectivity index (χ4n) is 1.79. The summed E-state index contributed by atoms with van der Waals surface area (Å²) in [5.41, 5.74) is 0. The Morgan fingerprint density at radius 2 is 2.22 bits per heavy atom. The normalized spacial score (nSPS) is 11.4. The van der Waals surface area contributed by atoms with Crippen LogP contribution in [-0.4, -0.2) is 29.2 Å². The Hall–Kier alpha value is -1.16. The highest BCUT2D eigenvalue weighted by atomic mass is 127. The second kappa shape index (κ2) is 10.6. The lowest BCUT2D eigenvalue weighted by atomic mass is 10.2. The number of nitrogens with one attached hydrogen (secondary N) is 2. The molecule has 0 fully saturated rings. The van der Waals surface area contributed by atoms with Crippen molar-refractivity contribution in [1.29, 1.82) is 0 Å². The van der Waals surface area contributed by atoms with Gasteiger partial charge < -0.3 is 15.2 Å². The van der Waals surface area contributed by atoms with E-state index >= 15 is 0 Å². The van der Waals surface area contributed by atoms with Gasteiger partial charge in [0.1, 0.15) is 0 Å². The Balaban J connectivity index is 0.00000264. The van der Waals surface area contributed by atoms with E-state index in [0.29, 0.717) is 25.4 Å².